The lowest BCUT2D eigenvalue weighted by Gasteiger charge is -2.32. The molecule has 2 aromatic heterocycles. The lowest BCUT2D eigenvalue weighted by Crippen LogP contribution is -2.45. The lowest BCUT2D eigenvalue weighted by molar-refractivity contribution is -0.000862. The van der Waals surface area contributed by atoms with Gasteiger partial charge in [-0.3, -0.25) is 4.98 Å². The van der Waals surface area contributed by atoms with E-state index in [4.69, 9.17) is 9.47 Å². The number of hydrogen-bond acceptors (Lipinski definition) is 6. The average Bonchev–Trinajstić information content (AvgIpc) is 2.54. The summed E-state index contributed by atoms with van der Waals surface area (Å²) in [4.78, 5) is 12.0. The van der Waals surface area contributed by atoms with Crippen LogP contribution in [0.4, 0.5) is 10.3 Å². The molecule has 7 heteroatoms. The molecule has 2 atom stereocenters. The topological polar surface area (TPSA) is 69.2 Å². The van der Waals surface area contributed by atoms with Crippen LogP contribution >= 0.6 is 0 Å². The number of nitrogens with zero attached hydrogens (tertiary/aromatic N) is 3. The van der Waals surface area contributed by atoms with Crippen molar-refractivity contribution in [1.29, 1.82) is 0 Å². The van der Waals surface area contributed by atoms with Gasteiger partial charge in [-0.15, -0.1) is 0 Å². The van der Waals surface area contributed by atoms with Crippen LogP contribution in [0.25, 0.3) is 0 Å². The molecular formula is C15H17FN4O2. The molecule has 0 amide bonds. The van der Waals surface area contributed by atoms with Crippen LogP contribution < -0.4 is 10.1 Å². The van der Waals surface area contributed by atoms with E-state index in [2.05, 4.69) is 20.3 Å². The average molecular weight is 304 g/mol. The molecule has 0 spiro atoms. The molecule has 1 fully saturated rings. The smallest absolute Gasteiger partial charge is 0.223 e. The number of nitrogens with one attached hydrogen (secondary N) is 1. The highest BCUT2D eigenvalue weighted by Crippen LogP contribution is 2.19. The predicted octanol–water partition coefficient (Wildman–Crippen LogP) is 1.97. The van der Waals surface area contributed by atoms with Crippen molar-refractivity contribution in [1.82, 2.24) is 15.0 Å². The van der Waals surface area contributed by atoms with Gasteiger partial charge < -0.3 is 14.8 Å². The molecule has 0 radical (unpaired) electrons. The minimum absolute atomic E-state index is 0.0134. The molecule has 2 aromatic rings. The summed E-state index contributed by atoms with van der Waals surface area (Å²) in [7, 11) is 0. The summed E-state index contributed by atoms with van der Waals surface area (Å²) in [6.07, 6.45) is 4.52. The summed E-state index contributed by atoms with van der Waals surface area (Å²) in [5.41, 5.74) is 0.932. The molecule has 0 unspecified atom stereocenters. The maximum atomic E-state index is 12.9. The number of anilines is 1. The molecule has 6 nitrogen and oxygen atoms in total. The molecule has 1 N–H and O–H groups in total. The molecule has 1 aliphatic heterocycles. The summed E-state index contributed by atoms with van der Waals surface area (Å²) in [6.45, 7) is 3.02. The van der Waals surface area contributed by atoms with Gasteiger partial charge in [-0.05, 0) is 25.5 Å². The number of hydrogen-bond donors (Lipinski definition) is 1. The van der Waals surface area contributed by atoms with Crippen molar-refractivity contribution in [3.8, 4) is 5.75 Å². The van der Waals surface area contributed by atoms with Crippen molar-refractivity contribution in [2.45, 2.75) is 25.5 Å². The third kappa shape index (κ3) is 3.67. The van der Waals surface area contributed by atoms with Crippen molar-refractivity contribution < 1.29 is 13.9 Å². The monoisotopic (exact) mass is 304 g/mol. The Labute approximate surface area is 127 Å². The molecule has 0 aromatic carbocycles. The first-order chi connectivity index (χ1) is 10.7. The van der Waals surface area contributed by atoms with Crippen LogP contribution in [0.15, 0.2) is 30.7 Å². The van der Waals surface area contributed by atoms with E-state index in [0.29, 0.717) is 24.9 Å². The zero-order valence-electron chi connectivity index (χ0n) is 12.2. The summed E-state index contributed by atoms with van der Waals surface area (Å²) >= 11 is 0. The fraction of sp³-hybridized carbons (Fsp3) is 0.400. The molecule has 0 saturated carbocycles. The molecule has 3 rings (SSSR count). The fourth-order valence-corrected chi connectivity index (χ4v) is 2.24. The van der Waals surface area contributed by atoms with E-state index >= 15 is 0 Å². The van der Waals surface area contributed by atoms with Crippen LogP contribution in [0.3, 0.4) is 0 Å². The molecule has 0 aliphatic carbocycles. The number of pyridine rings is 1. The minimum atomic E-state index is -0.462. The van der Waals surface area contributed by atoms with Gasteiger partial charge in [0.05, 0.1) is 31.2 Å². The number of halogens is 1. The van der Waals surface area contributed by atoms with Gasteiger partial charge in [-0.25, -0.2) is 14.4 Å². The summed E-state index contributed by atoms with van der Waals surface area (Å²) in [5, 5.41) is 3.18. The molecule has 22 heavy (non-hydrogen) atoms. The second-order valence-electron chi connectivity index (χ2n) is 5.13. The van der Waals surface area contributed by atoms with E-state index in [-0.39, 0.29) is 12.1 Å². The van der Waals surface area contributed by atoms with Crippen LogP contribution in [0.1, 0.15) is 12.1 Å². The highest BCUT2D eigenvalue weighted by atomic mass is 19.1. The van der Waals surface area contributed by atoms with Gasteiger partial charge in [-0.2, -0.15) is 0 Å². The molecule has 1 saturated heterocycles. The van der Waals surface area contributed by atoms with Crippen molar-refractivity contribution in [3.05, 3.63) is 42.2 Å². The Morgan fingerprint density at radius 1 is 1.23 bits per heavy atom. The van der Waals surface area contributed by atoms with Crippen molar-refractivity contribution >= 4 is 5.95 Å². The van der Waals surface area contributed by atoms with Gasteiger partial charge >= 0.3 is 0 Å². The van der Waals surface area contributed by atoms with Crippen molar-refractivity contribution in [3.63, 3.8) is 0 Å². The standard InChI is InChI=1S/C15H17FN4O2/c1-10-2-3-12(8-17-10)22-14-9-21-5-4-13(14)20-15-18-6-11(16)7-19-15/h2-3,6-8,13-14H,4-5,9H2,1H3,(H,18,19,20)/t13-,14+/m0/s1. The van der Waals surface area contributed by atoms with E-state index in [1.54, 1.807) is 6.20 Å². The van der Waals surface area contributed by atoms with E-state index in [9.17, 15) is 4.39 Å². The van der Waals surface area contributed by atoms with Crippen LogP contribution in [0.2, 0.25) is 0 Å². The Balaban J connectivity index is 1.68. The molecular weight excluding hydrogens is 287 g/mol. The van der Waals surface area contributed by atoms with Gasteiger partial charge in [0.15, 0.2) is 5.82 Å². The maximum Gasteiger partial charge on any atom is 0.223 e. The summed E-state index contributed by atoms with van der Waals surface area (Å²) < 4.78 is 24.3. The minimum Gasteiger partial charge on any atom is -0.484 e. The van der Waals surface area contributed by atoms with Gasteiger partial charge in [0.1, 0.15) is 11.9 Å². The SMILES string of the molecule is Cc1ccc(O[C@@H]2COCC[C@@H]2Nc2ncc(F)cn2)cn1. The number of aryl methyl sites for hydroxylation is 1. The van der Waals surface area contributed by atoms with E-state index in [1.807, 2.05) is 19.1 Å². The third-order valence-corrected chi connectivity index (χ3v) is 3.41. The highest BCUT2D eigenvalue weighted by molar-refractivity contribution is 5.26. The zero-order valence-corrected chi connectivity index (χ0v) is 12.2. The van der Waals surface area contributed by atoms with Gasteiger partial charge in [0.2, 0.25) is 5.95 Å². The summed E-state index contributed by atoms with van der Waals surface area (Å²) in [5.74, 6) is 0.605. The van der Waals surface area contributed by atoms with Gasteiger partial charge in [-0.1, -0.05) is 0 Å². The second kappa shape index (κ2) is 6.65. The Kier molecular flexibility index (Phi) is 4.43. The molecule has 0 bridgehead atoms. The van der Waals surface area contributed by atoms with Crippen molar-refractivity contribution in [2.75, 3.05) is 18.5 Å². The third-order valence-electron chi connectivity index (χ3n) is 3.41. The van der Waals surface area contributed by atoms with E-state index in [0.717, 1.165) is 24.5 Å². The molecule has 1 aliphatic rings. The normalized spacial score (nSPS) is 21.4. The van der Waals surface area contributed by atoms with E-state index < -0.39 is 5.82 Å². The van der Waals surface area contributed by atoms with Crippen LogP contribution in [0.5, 0.6) is 5.75 Å². The lowest BCUT2D eigenvalue weighted by atomic mass is 10.1. The quantitative estimate of drug-likeness (QED) is 0.931. The Morgan fingerprint density at radius 3 is 2.77 bits per heavy atom. The Hall–Kier alpha value is -2.28. The fourth-order valence-electron chi connectivity index (χ4n) is 2.24. The summed E-state index contributed by atoms with van der Waals surface area (Å²) in [6, 6.07) is 3.76. The van der Waals surface area contributed by atoms with Crippen LogP contribution in [-0.2, 0) is 4.74 Å². The first-order valence-electron chi connectivity index (χ1n) is 7.12. The first kappa shape index (κ1) is 14.6. The second-order valence-corrected chi connectivity index (χ2v) is 5.13. The van der Waals surface area contributed by atoms with Gasteiger partial charge in [0, 0.05) is 12.3 Å². The maximum absolute atomic E-state index is 12.9. The molecule has 116 valence electrons. The predicted molar refractivity (Wildman–Crippen MR) is 78.2 cm³/mol. The number of ether oxygens (including phenoxy) is 2. The Bertz CT molecular complexity index is 550. The van der Waals surface area contributed by atoms with Crippen molar-refractivity contribution in [2.24, 2.45) is 0 Å². The van der Waals surface area contributed by atoms with Crippen LogP contribution in [-0.4, -0.2) is 40.3 Å². The zero-order chi connectivity index (χ0) is 15.4. The largest absolute Gasteiger partial charge is 0.484 e. The Morgan fingerprint density at radius 2 is 2.05 bits per heavy atom. The van der Waals surface area contributed by atoms with E-state index in [1.165, 1.54) is 0 Å². The van der Waals surface area contributed by atoms with Gasteiger partial charge in [0.25, 0.3) is 0 Å². The first-order valence-corrected chi connectivity index (χ1v) is 7.12. The molecule has 3 heterocycles. The number of rotatable bonds is 4. The highest BCUT2D eigenvalue weighted by Gasteiger charge is 2.28. The number of aromatic nitrogens is 3. The van der Waals surface area contributed by atoms with Crippen LogP contribution in [0, 0.1) is 12.7 Å².